The maximum Gasteiger partial charge on any atom is 0.329 e. The first kappa shape index (κ1) is 28.3. The van der Waals surface area contributed by atoms with E-state index >= 15 is 0 Å². The molecular formula is C32H30FN9O3. The first-order valence-corrected chi connectivity index (χ1v) is 14.7. The van der Waals surface area contributed by atoms with Crippen LogP contribution in [0.15, 0.2) is 73.1 Å². The van der Waals surface area contributed by atoms with Gasteiger partial charge in [0.1, 0.15) is 35.2 Å². The van der Waals surface area contributed by atoms with E-state index in [2.05, 4.69) is 25.2 Å². The van der Waals surface area contributed by atoms with Crippen molar-refractivity contribution in [2.75, 3.05) is 30.3 Å². The second-order valence-corrected chi connectivity index (χ2v) is 11.1. The van der Waals surface area contributed by atoms with Crippen molar-refractivity contribution >= 4 is 34.6 Å². The highest BCUT2D eigenvalue weighted by Gasteiger charge is 2.28. The normalized spacial score (nSPS) is 16.2. The zero-order valence-electron chi connectivity index (χ0n) is 24.3. The number of ether oxygens (including phenoxy) is 1. The Labute approximate surface area is 257 Å². The van der Waals surface area contributed by atoms with Crippen molar-refractivity contribution in [3.05, 3.63) is 84.6 Å². The highest BCUT2D eigenvalue weighted by atomic mass is 19.1. The topological polar surface area (TPSA) is 144 Å². The number of hydrogen-bond acceptors (Lipinski definition) is 9. The maximum absolute atomic E-state index is 14.5. The fraction of sp³-hybridized carbons (Fsp3) is 0.250. The average molecular weight is 608 g/mol. The van der Waals surface area contributed by atoms with E-state index in [1.54, 1.807) is 6.07 Å². The van der Waals surface area contributed by atoms with Gasteiger partial charge in [-0.2, -0.15) is 9.49 Å². The van der Waals surface area contributed by atoms with Crippen LogP contribution in [0.2, 0.25) is 0 Å². The smallest absolute Gasteiger partial charge is 0.329 e. The van der Waals surface area contributed by atoms with E-state index in [9.17, 15) is 14.0 Å². The summed E-state index contributed by atoms with van der Waals surface area (Å²) in [7, 11) is 0. The van der Waals surface area contributed by atoms with Crippen molar-refractivity contribution in [3.8, 4) is 22.8 Å². The second kappa shape index (κ2) is 11.9. The number of carbonyl (C=O) groups is 2. The molecule has 0 atom stereocenters. The van der Waals surface area contributed by atoms with Gasteiger partial charge in [0, 0.05) is 38.2 Å². The number of likely N-dealkylation sites (tertiary alicyclic amines) is 1. The molecule has 3 N–H and O–H groups in total. The number of rotatable bonds is 7. The fourth-order valence-electron chi connectivity index (χ4n) is 5.88. The minimum absolute atomic E-state index is 0.0757. The number of nitrogens with one attached hydrogen (secondary N) is 1. The van der Waals surface area contributed by atoms with Gasteiger partial charge in [0.05, 0.1) is 11.4 Å². The molecule has 5 heterocycles. The molecule has 2 aliphatic heterocycles. The quantitative estimate of drug-likeness (QED) is 0.252. The number of nitrogens with zero attached hydrogens (tertiary/aromatic N) is 7. The largest absolute Gasteiger partial charge is 0.457 e. The molecule has 3 aromatic heterocycles. The van der Waals surface area contributed by atoms with Crippen LogP contribution >= 0.6 is 0 Å². The number of nitrogens with two attached hydrogens (primary N) is 1. The van der Waals surface area contributed by atoms with Gasteiger partial charge in [-0.3, -0.25) is 19.9 Å². The molecule has 0 radical (unpaired) electrons. The minimum Gasteiger partial charge on any atom is -0.457 e. The average Bonchev–Trinajstić information content (AvgIpc) is 3.43. The van der Waals surface area contributed by atoms with E-state index in [0.29, 0.717) is 40.4 Å². The van der Waals surface area contributed by atoms with E-state index in [1.807, 2.05) is 59.3 Å². The number of amides is 3. The van der Waals surface area contributed by atoms with E-state index in [1.165, 1.54) is 17.3 Å². The lowest BCUT2D eigenvalue weighted by Crippen LogP contribution is -2.50. The highest BCUT2D eigenvalue weighted by molar-refractivity contribution is 6.05. The summed E-state index contributed by atoms with van der Waals surface area (Å²) in [4.78, 5) is 40.0. The number of piperidine rings is 1. The Hall–Kier alpha value is -5.43. The van der Waals surface area contributed by atoms with Crippen molar-refractivity contribution in [3.63, 3.8) is 0 Å². The summed E-state index contributed by atoms with van der Waals surface area (Å²) in [5.41, 5.74) is 9.32. The molecule has 0 aliphatic carbocycles. The Morgan fingerprint density at radius 3 is 2.47 bits per heavy atom. The number of aromatic nitrogens is 5. The van der Waals surface area contributed by atoms with Gasteiger partial charge in [-0.15, -0.1) is 0 Å². The number of urea groups is 1. The van der Waals surface area contributed by atoms with Gasteiger partial charge in [-0.1, -0.05) is 18.2 Å². The fourth-order valence-corrected chi connectivity index (χ4v) is 5.88. The van der Waals surface area contributed by atoms with E-state index in [-0.39, 0.29) is 30.7 Å². The first-order valence-electron chi connectivity index (χ1n) is 14.7. The summed E-state index contributed by atoms with van der Waals surface area (Å²) in [5, 5.41) is 7.96. The predicted molar refractivity (Wildman–Crippen MR) is 165 cm³/mol. The molecule has 5 aromatic rings. The van der Waals surface area contributed by atoms with Crippen LogP contribution in [0, 0.1) is 5.95 Å². The number of carbonyl (C=O) groups excluding carboxylic acids is 2. The number of nitrogen functional groups attached to an aromatic ring is 1. The van der Waals surface area contributed by atoms with Crippen molar-refractivity contribution in [1.82, 2.24) is 34.9 Å². The number of benzene rings is 2. The molecule has 2 aliphatic rings. The lowest BCUT2D eigenvalue weighted by Gasteiger charge is -2.32. The van der Waals surface area contributed by atoms with Crippen molar-refractivity contribution in [2.45, 2.75) is 31.8 Å². The predicted octanol–water partition coefficient (Wildman–Crippen LogP) is 4.69. The number of fused-ring (bicyclic) bond motifs is 1. The minimum atomic E-state index is -0.672. The molecule has 0 unspecified atom stereocenters. The standard InChI is InChI=1S/C32H30FN9O3/c33-25-16-20(17-26(37-25)41-15-12-27(43)38-32(41)44)18-40-13-10-22(11-14-40)42-31-28(30(34)35-19-36-31)29(39-42)21-6-8-24(9-7-21)45-23-4-2-1-3-5-23/h1-9,16-17,19,22H,10-15,18H2,(H2,34,35,36)(H,38,43,44). The molecule has 12 nitrogen and oxygen atoms in total. The van der Waals surface area contributed by atoms with Crippen LogP contribution in [0.5, 0.6) is 11.5 Å². The zero-order chi connectivity index (χ0) is 30.9. The molecule has 13 heteroatoms. The Morgan fingerprint density at radius 2 is 1.71 bits per heavy atom. The van der Waals surface area contributed by atoms with Gasteiger partial charge in [-0.25, -0.2) is 24.4 Å². The lowest BCUT2D eigenvalue weighted by atomic mass is 10.0. The van der Waals surface area contributed by atoms with Crippen molar-refractivity contribution in [2.24, 2.45) is 0 Å². The summed E-state index contributed by atoms with van der Waals surface area (Å²) < 4.78 is 22.4. The van der Waals surface area contributed by atoms with Gasteiger partial charge >= 0.3 is 6.03 Å². The second-order valence-electron chi connectivity index (χ2n) is 11.1. The maximum atomic E-state index is 14.5. The third kappa shape index (κ3) is 5.89. The molecule has 0 saturated carbocycles. The summed E-state index contributed by atoms with van der Waals surface area (Å²) in [6.07, 6.45) is 3.18. The first-order chi connectivity index (χ1) is 21.9. The number of imide groups is 1. The Kier molecular flexibility index (Phi) is 7.51. The summed E-state index contributed by atoms with van der Waals surface area (Å²) in [6, 6.07) is 19.9. The molecule has 7 rings (SSSR count). The Morgan fingerprint density at radius 1 is 0.956 bits per heavy atom. The number of pyridine rings is 1. The third-order valence-corrected chi connectivity index (χ3v) is 8.10. The van der Waals surface area contributed by atoms with Gasteiger partial charge in [-0.05, 0) is 66.9 Å². The molecule has 228 valence electrons. The van der Waals surface area contributed by atoms with Crippen LogP contribution in [0.3, 0.4) is 0 Å². The van der Waals surface area contributed by atoms with Crippen LogP contribution < -0.4 is 20.7 Å². The van der Waals surface area contributed by atoms with Gasteiger partial charge in [0.2, 0.25) is 11.9 Å². The van der Waals surface area contributed by atoms with Gasteiger partial charge in [0.15, 0.2) is 5.65 Å². The molecular weight excluding hydrogens is 577 g/mol. The summed E-state index contributed by atoms with van der Waals surface area (Å²) in [6.45, 7) is 2.13. The van der Waals surface area contributed by atoms with Crippen LogP contribution in [0.1, 0.15) is 30.9 Å². The molecule has 0 bridgehead atoms. The molecule has 3 amide bonds. The van der Waals surface area contributed by atoms with Gasteiger partial charge < -0.3 is 10.5 Å². The van der Waals surface area contributed by atoms with Crippen LogP contribution in [0.4, 0.5) is 20.8 Å². The molecule has 2 fully saturated rings. The van der Waals surface area contributed by atoms with Crippen LogP contribution in [0.25, 0.3) is 22.3 Å². The van der Waals surface area contributed by atoms with Crippen LogP contribution in [-0.2, 0) is 11.3 Å². The van der Waals surface area contributed by atoms with Crippen LogP contribution in [-0.4, -0.2) is 61.2 Å². The number of anilines is 2. The van der Waals surface area contributed by atoms with Gasteiger partial charge in [0.25, 0.3) is 0 Å². The Balaban J connectivity index is 1.07. The molecule has 45 heavy (non-hydrogen) atoms. The zero-order valence-corrected chi connectivity index (χ0v) is 24.3. The number of hydrogen-bond donors (Lipinski definition) is 2. The summed E-state index contributed by atoms with van der Waals surface area (Å²) >= 11 is 0. The third-order valence-electron chi connectivity index (χ3n) is 8.10. The summed E-state index contributed by atoms with van der Waals surface area (Å²) in [5.74, 6) is 0.997. The molecule has 2 aromatic carbocycles. The number of halogens is 1. The van der Waals surface area contributed by atoms with Crippen molar-refractivity contribution < 1.29 is 18.7 Å². The van der Waals surface area contributed by atoms with E-state index < -0.39 is 12.0 Å². The number of para-hydroxylation sites is 1. The monoisotopic (exact) mass is 607 g/mol. The lowest BCUT2D eigenvalue weighted by molar-refractivity contribution is -0.120. The van der Waals surface area contributed by atoms with E-state index in [4.69, 9.17) is 15.6 Å². The molecule has 2 saturated heterocycles. The van der Waals surface area contributed by atoms with Crippen molar-refractivity contribution in [1.29, 1.82) is 0 Å². The SMILES string of the molecule is Nc1ncnc2c1c(-c1ccc(Oc3ccccc3)cc1)nn2C1CCN(Cc2cc(F)nc(N3CCC(=O)NC3=O)c2)CC1. The van der Waals surface area contributed by atoms with E-state index in [0.717, 1.165) is 37.2 Å². The Bertz CT molecular complexity index is 1870. The molecule has 0 spiro atoms. The highest BCUT2D eigenvalue weighted by Crippen LogP contribution is 2.35.